The van der Waals surface area contributed by atoms with Crippen LogP contribution in [0.2, 0.25) is 0 Å². The second-order valence-corrected chi connectivity index (χ2v) is 5.97. The molecule has 2 N–H and O–H groups in total. The molecule has 2 amide bonds. The first-order valence-corrected chi connectivity index (χ1v) is 8.27. The van der Waals surface area contributed by atoms with Gasteiger partial charge in [0, 0.05) is 5.69 Å². The van der Waals surface area contributed by atoms with Crippen molar-refractivity contribution in [1.29, 1.82) is 0 Å². The molecule has 0 spiro atoms. The Labute approximate surface area is 161 Å². The summed E-state index contributed by atoms with van der Waals surface area (Å²) < 4.78 is 9.29. The van der Waals surface area contributed by atoms with Gasteiger partial charge in [-0.2, -0.15) is 0 Å². The molecule has 0 aliphatic carbocycles. The standard InChI is InChI=1S/C20H20N2O6/c1-11-5-8-15(12(2)9-11)21-17(23)18(24)22-16-10-13(19(25)27-3)6-7-14(16)20(26)28-4/h5-10H,1-4H3,(H,21,23)(H,22,24). The Morgan fingerprint density at radius 1 is 0.750 bits per heavy atom. The number of anilines is 2. The molecule has 0 aromatic heterocycles. The molecule has 8 nitrogen and oxygen atoms in total. The van der Waals surface area contributed by atoms with Crippen LogP contribution < -0.4 is 10.6 Å². The summed E-state index contributed by atoms with van der Waals surface area (Å²) in [5.41, 5.74) is 2.34. The first kappa shape index (κ1) is 20.6. The Morgan fingerprint density at radius 3 is 1.93 bits per heavy atom. The van der Waals surface area contributed by atoms with E-state index in [0.717, 1.165) is 11.1 Å². The Morgan fingerprint density at radius 2 is 1.36 bits per heavy atom. The molecule has 0 aliphatic rings. The fourth-order valence-electron chi connectivity index (χ4n) is 2.49. The van der Waals surface area contributed by atoms with Gasteiger partial charge in [0.1, 0.15) is 0 Å². The van der Waals surface area contributed by atoms with Crippen molar-refractivity contribution in [2.75, 3.05) is 24.9 Å². The second-order valence-electron chi connectivity index (χ2n) is 5.97. The number of amides is 2. The first-order valence-electron chi connectivity index (χ1n) is 8.27. The summed E-state index contributed by atoms with van der Waals surface area (Å²) in [4.78, 5) is 48.2. The van der Waals surface area contributed by atoms with Crippen LogP contribution in [-0.2, 0) is 19.1 Å². The minimum absolute atomic E-state index is 0.0113. The molecule has 2 aromatic carbocycles. The number of nitrogens with one attached hydrogen (secondary N) is 2. The average Bonchev–Trinajstić information content (AvgIpc) is 2.68. The number of rotatable bonds is 4. The molecule has 0 heterocycles. The van der Waals surface area contributed by atoms with E-state index < -0.39 is 23.8 Å². The van der Waals surface area contributed by atoms with Gasteiger partial charge in [-0.25, -0.2) is 9.59 Å². The molecule has 0 aliphatic heterocycles. The molecule has 28 heavy (non-hydrogen) atoms. The zero-order valence-electron chi connectivity index (χ0n) is 15.9. The van der Waals surface area contributed by atoms with Gasteiger partial charge in [0.05, 0.1) is 31.0 Å². The predicted molar refractivity (Wildman–Crippen MR) is 102 cm³/mol. The lowest BCUT2D eigenvalue weighted by molar-refractivity contribution is -0.133. The fraction of sp³-hybridized carbons (Fsp3) is 0.200. The molecule has 0 atom stereocenters. The van der Waals surface area contributed by atoms with E-state index in [0.29, 0.717) is 5.69 Å². The second kappa shape index (κ2) is 8.81. The van der Waals surface area contributed by atoms with E-state index in [1.54, 1.807) is 19.1 Å². The molecule has 0 fully saturated rings. The Kier molecular flexibility index (Phi) is 6.49. The highest BCUT2D eigenvalue weighted by molar-refractivity contribution is 6.44. The van der Waals surface area contributed by atoms with Crippen LogP contribution in [0.25, 0.3) is 0 Å². The molecule has 8 heteroatoms. The number of esters is 2. The SMILES string of the molecule is COC(=O)c1ccc(C(=O)OC)c(NC(=O)C(=O)Nc2ccc(C)cc2C)c1. The molecule has 0 saturated heterocycles. The number of carbonyl (C=O) groups excluding carboxylic acids is 4. The smallest absolute Gasteiger partial charge is 0.339 e. The van der Waals surface area contributed by atoms with Gasteiger partial charge in [-0.3, -0.25) is 9.59 Å². The van der Waals surface area contributed by atoms with E-state index in [2.05, 4.69) is 20.1 Å². The molecular formula is C20H20N2O6. The van der Waals surface area contributed by atoms with Crippen LogP contribution in [0.1, 0.15) is 31.8 Å². The normalized spacial score (nSPS) is 10.0. The number of aryl methyl sites for hydroxylation is 2. The van der Waals surface area contributed by atoms with Gasteiger partial charge in [-0.05, 0) is 43.7 Å². The lowest BCUT2D eigenvalue weighted by atomic mass is 10.1. The van der Waals surface area contributed by atoms with Gasteiger partial charge in [0.25, 0.3) is 0 Å². The quantitative estimate of drug-likeness (QED) is 0.619. The maximum Gasteiger partial charge on any atom is 0.339 e. The minimum atomic E-state index is -1.01. The van der Waals surface area contributed by atoms with Crippen LogP contribution in [0.15, 0.2) is 36.4 Å². The lowest BCUT2D eigenvalue weighted by Crippen LogP contribution is -2.30. The van der Waals surface area contributed by atoms with E-state index in [-0.39, 0.29) is 16.8 Å². The van der Waals surface area contributed by atoms with Crippen molar-refractivity contribution >= 4 is 35.1 Å². The van der Waals surface area contributed by atoms with Gasteiger partial charge in [0.2, 0.25) is 0 Å². The summed E-state index contributed by atoms with van der Waals surface area (Å²) >= 11 is 0. The zero-order valence-corrected chi connectivity index (χ0v) is 15.9. The minimum Gasteiger partial charge on any atom is -0.465 e. The highest BCUT2D eigenvalue weighted by atomic mass is 16.5. The van der Waals surface area contributed by atoms with Gasteiger partial charge in [-0.1, -0.05) is 17.7 Å². The number of ether oxygens (including phenoxy) is 2. The predicted octanol–water partition coefficient (Wildman–Crippen LogP) is 2.45. The molecule has 0 saturated carbocycles. The Balaban J connectivity index is 2.26. The van der Waals surface area contributed by atoms with E-state index in [1.165, 1.54) is 32.4 Å². The number of carbonyl (C=O) groups is 4. The summed E-state index contributed by atoms with van der Waals surface area (Å²) in [6.07, 6.45) is 0. The maximum absolute atomic E-state index is 12.3. The van der Waals surface area contributed by atoms with E-state index in [4.69, 9.17) is 0 Å². The van der Waals surface area contributed by atoms with Crippen LogP contribution in [0.4, 0.5) is 11.4 Å². The molecule has 2 rings (SSSR count). The Bertz CT molecular complexity index is 952. The maximum atomic E-state index is 12.3. The lowest BCUT2D eigenvalue weighted by Gasteiger charge is -2.12. The summed E-state index contributed by atoms with van der Waals surface area (Å²) in [5, 5.41) is 4.85. The molecule has 2 aromatic rings. The largest absolute Gasteiger partial charge is 0.465 e. The van der Waals surface area contributed by atoms with E-state index >= 15 is 0 Å². The van der Waals surface area contributed by atoms with Crippen molar-refractivity contribution in [1.82, 2.24) is 0 Å². The van der Waals surface area contributed by atoms with Crippen LogP contribution >= 0.6 is 0 Å². The molecule has 0 bridgehead atoms. The van der Waals surface area contributed by atoms with E-state index in [9.17, 15) is 19.2 Å². The number of hydrogen-bond donors (Lipinski definition) is 2. The molecule has 0 unspecified atom stereocenters. The van der Waals surface area contributed by atoms with Gasteiger partial charge < -0.3 is 20.1 Å². The van der Waals surface area contributed by atoms with E-state index in [1.807, 2.05) is 13.0 Å². The third-order valence-electron chi connectivity index (χ3n) is 3.93. The Hall–Kier alpha value is -3.68. The van der Waals surface area contributed by atoms with Gasteiger partial charge in [0.15, 0.2) is 0 Å². The monoisotopic (exact) mass is 384 g/mol. The van der Waals surface area contributed by atoms with Crippen molar-refractivity contribution in [2.24, 2.45) is 0 Å². The van der Waals surface area contributed by atoms with Crippen molar-refractivity contribution in [3.8, 4) is 0 Å². The molecule has 146 valence electrons. The molecule has 0 radical (unpaired) electrons. The number of hydrogen-bond acceptors (Lipinski definition) is 6. The van der Waals surface area contributed by atoms with Crippen molar-refractivity contribution in [3.05, 3.63) is 58.7 Å². The summed E-state index contributed by atoms with van der Waals surface area (Å²) in [7, 11) is 2.38. The third kappa shape index (κ3) is 4.73. The fourth-order valence-corrected chi connectivity index (χ4v) is 2.49. The van der Waals surface area contributed by atoms with Crippen molar-refractivity contribution in [2.45, 2.75) is 13.8 Å². The van der Waals surface area contributed by atoms with Crippen molar-refractivity contribution < 1.29 is 28.7 Å². The first-order chi connectivity index (χ1) is 13.3. The zero-order chi connectivity index (χ0) is 20.8. The summed E-state index contributed by atoms with van der Waals surface area (Å²) in [6.45, 7) is 3.71. The van der Waals surface area contributed by atoms with Gasteiger partial charge in [-0.15, -0.1) is 0 Å². The van der Waals surface area contributed by atoms with Gasteiger partial charge >= 0.3 is 23.8 Å². The highest BCUT2D eigenvalue weighted by Gasteiger charge is 2.21. The number of methoxy groups -OCH3 is 2. The van der Waals surface area contributed by atoms with Crippen LogP contribution in [-0.4, -0.2) is 38.0 Å². The average molecular weight is 384 g/mol. The highest BCUT2D eigenvalue weighted by Crippen LogP contribution is 2.20. The topological polar surface area (TPSA) is 111 Å². The summed E-state index contributed by atoms with van der Waals surface area (Å²) in [5.74, 6) is -3.33. The number of benzene rings is 2. The van der Waals surface area contributed by atoms with Crippen LogP contribution in [0.3, 0.4) is 0 Å². The van der Waals surface area contributed by atoms with Crippen LogP contribution in [0, 0.1) is 13.8 Å². The third-order valence-corrected chi connectivity index (χ3v) is 3.93. The van der Waals surface area contributed by atoms with Crippen molar-refractivity contribution in [3.63, 3.8) is 0 Å². The molecular weight excluding hydrogens is 364 g/mol. The van der Waals surface area contributed by atoms with Crippen LogP contribution in [0.5, 0.6) is 0 Å². The summed E-state index contributed by atoms with van der Waals surface area (Å²) in [6, 6.07) is 9.24.